The maximum Gasteiger partial charge on any atom is 0.264 e. The molecule has 0 spiro atoms. The number of halogens is 1. The second-order valence-corrected chi connectivity index (χ2v) is 11.3. The Bertz CT molecular complexity index is 1310. The first kappa shape index (κ1) is 23.9. The van der Waals surface area contributed by atoms with Crippen LogP contribution in [-0.2, 0) is 23.0 Å². The average molecular weight is 510 g/mol. The number of benzene rings is 3. The van der Waals surface area contributed by atoms with Gasteiger partial charge in [0.25, 0.3) is 15.9 Å². The molecule has 1 amide bonds. The number of hydrogen-bond acceptors (Lipinski definition) is 4. The van der Waals surface area contributed by atoms with E-state index in [4.69, 9.17) is 11.6 Å². The van der Waals surface area contributed by atoms with Gasteiger partial charge < -0.3 is 4.90 Å². The highest BCUT2D eigenvalue weighted by Crippen LogP contribution is 2.33. The molecule has 0 aliphatic carbocycles. The summed E-state index contributed by atoms with van der Waals surface area (Å²) in [5, 5.41) is 0.493. The van der Waals surface area contributed by atoms with Gasteiger partial charge in [0, 0.05) is 49.9 Å². The largest absolute Gasteiger partial charge is 0.336 e. The molecule has 0 aromatic heterocycles. The van der Waals surface area contributed by atoms with Gasteiger partial charge in [0.2, 0.25) is 0 Å². The molecule has 3 aromatic carbocycles. The fourth-order valence-corrected chi connectivity index (χ4v) is 6.48. The van der Waals surface area contributed by atoms with E-state index in [1.165, 1.54) is 22.0 Å². The maximum absolute atomic E-state index is 13.3. The van der Waals surface area contributed by atoms with Gasteiger partial charge in [-0.1, -0.05) is 41.9 Å². The van der Waals surface area contributed by atoms with Gasteiger partial charge in [0.15, 0.2) is 0 Å². The van der Waals surface area contributed by atoms with E-state index in [-0.39, 0.29) is 10.8 Å². The lowest BCUT2D eigenvalue weighted by atomic mass is 10.00. The van der Waals surface area contributed by atoms with Crippen molar-refractivity contribution in [1.29, 1.82) is 0 Å². The van der Waals surface area contributed by atoms with Crippen molar-refractivity contribution < 1.29 is 13.2 Å². The third kappa shape index (κ3) is 5.08. The number of rotatable bonds is 5. The summed E-state index contributed by atoms with van der Waals surface area (Å²) in [4.78, 5) is 17.7. The van der Waals surface area contributed by atoms with Gasteiger partial charge in [-0.05, 0) is 66.4 Å². The van der Waals surface area contributed by atoms with Gasteiger partial charge in [0.1, 0.15) is 0 Å². The Morgan fingerprint density at radius 1 is 0.857 bits per heavy atom. The Kier molecular flexibility index (Phi) is 6.82. The van der Waals surface area contributed by atoms with Crippen LogP contribution in [0.3, 0.4) is 0 Å². The van der Waals surface area contributed by atoms with Crippen molar-refractivity contribution in [3.63, 3.8) is 0 Å². The molecule has 5 rings (SSSR count). The van der Waals surface area contributed by atoms with Gasteiger partial charge in [-0.15, -0.1) is 0 Å². The van der Waals surface area contributed by atoms with Crippen LogP contribution < -0.4 is 4.31 Å². The summed E-state index contributed by atoms with van der Waals surface area (Å²) < 4.78 is 28.0. The van der Waals surface area contributed by atoms with E-state index in [9.17, 15) is 13.2 Å². The van der Waals surface area contributed by atoms with Crippen molar-refractivity contribution in [3.05, 3.63) is 94.5 Å². The number of anilines is 1. The summed E-state index contributed by atoms with van der Waals surface area (Å²) in [7, 11) is -3.70. The molecule has 0 atom stereocenters. The molecule has 6 nitrogen and oxygen atoms in total. The second-order valence-electron chi connectivity index (χ2n) is 9.03. The summed E-state index contributed by atoms with van der Waals surface area (Å²) >= 11 is 5.94. The molecule has 0 N–H and O–H groups in total. The third-order valence-electron chi connectivity index (χ3n) is 6.71. The molecule has 2 aliphatic rings. The standard InChI is InChI=1S/C27H28ClN3O3S/c28-24-9-11-25(12-10-24)35(33,34)31-14-4-7-22-19-23(8-13-26(22)31)27(32)30-17-15-29(16-18-30)20-21-5-2-1-3-6-21/h1-3,5-6,8-13,19H,4,7,14-18,20H2. The van der Waals surface area contributed by atoms with Crippen LogP contribution >= 0.6 is 11.6 Å². The van der Waals surface area contributed by atoms with E-state index in [1.54, 1.807) is 24.3 Å². The van der Waals surface area contributed by atoms with E-state index >= 15 is 0 Å². The minimum atomic E-state index is -3.70. The molecule has 0 unspecified atom stereocenters. The number of piperazine rings is 1. The maximum atomic E-state index is 13.3. The van der Waals surface area contributed by atoms with Crippen molar-refractivity contribution >= 4 is 33.2 Å². The Morgan fingerprint density at radius 2 is 1.57 bits per heavy atom. The van der Waals surface area contributed by atoms with Crippen molar-refractivity contribution in [2.75, 3.05) is 37.0 Å². The topological polar surface area (TPSA) is 60.9 Å². The van der Waals surface area contributed by atoms with Crippen LogP contribution in [0.25, 0.3) is 0 Å². The molecule has 0 radical (unpaired) electrons. The predicted octanol–water partition coefficient (Wildman–Crippen LogP) is 4.44. The van der Waals surface area contributed by atoms with Crippen molar-refractivity contribution in [2.24, 2.45) is 0 Å². The van der Waals surface area contributed by atoms with Gasteiger partial charge in [-0.3, -0.25) is 14.0 Å². The first-order valence-corrected chi connectivity index (χ1v) is 13.7. The van der Waals surface area contributed by atoms with Crippen LogP contribution in [0.15, 0.2) is 77.7 Å². The lowest BCUT2D eigenvalue weighted by Gasteiger charge is -2.35. The lowest BCUT2D eigenvalue weighted by molar-refractivity contribution is 0.0628. The molecule has 2 aliphatic heterocycles. The number of fused-ring (bicyclic) bond motifs is 1. The first-order valence-electron chi connectivity index (χ1n) is 11.9. The number of carbonyl (C=O) groups is 1. The molecule has 0 bridgehead atoms. The third-order valence-corrected chi connectivity index (χ3v) is 8.79. The predicted molar refractivity (Wildman–Crippen MR) is 138 cm³/mol. The molecule has 0 saturated carbocycles. The Hall–Kier alpha value is -2.87. The van der Waals surface area contributed by atoms with Crippen molar-refractivity contribution in [1.82, 2.24) is 9.80 Å². The average Bonchev–Trinajstić information content (AvgIpc) is 2.89. The highest BCUT2D eigenvalue weighted by atomic mass is 35.5. The van der Waals surface area contributed by atoms with Crippen LogP contribution in [0.4, 0.5) is 5.69 Å². The van der Waals surface area contributed by atoms with Crippen molar-refractivity contribution in [2.45, 2.75) is 24.3 Å². The zero-order valence-electron chi connectivity index (χ0n) is 19.4. The minimum Gasteiger partial charge on any atom is -0.336 e. The fraction of sp³-hybridized carbons (Fsp3) is 0.296. The normalized spacial score (nSPS) is 16.7. The molecule has 3 aromatic rings. The van der Waals surface area contributed by atoms with Crippen LogP contribution in [0.2, 0.25) is 5.02 Å². The number of sulfonamides is 1. The first-order chi connectivity index (χ1) is 16.9. The Morgan fingerprint density at radius 3 is 2.29 bits per heavy atom. The molecule has 1 saturated heterocycles. The number of nitrogens with zero attached hydrogens (tertiary/aromatic N) is 3. The molecular weight excluding hydrogens is 482 g/mol. The minimum absolute atomic E-state index is 0.00448. The van der Waals surface area contributed by atoms with Crippen LogP contribution in [-0.4, -0.2) is 56.8 Å². The van der Waals surface area contributed by atoms with Gasteiger partial charge in [0.05, 0.1) is 10.6 Å². The second kappa shape index (κ2) is 10.0. The van der Waals surface area contributed by atoms with E-state index in [0.29, 0.717) is 42.3 Å². The number of aryl methyl sites for hydroxylation is 1. The smallest absolute Gasteiger partial charge is 0.264 e. The Labute approximate surface area is 211 Å². The fourth-order valence-electron chi connectivity index (χ4n) is 4.81. The van der Waals surface area contributed by atoms with E-state index in [1.807, 2.05) is 29.2 Å². The summed E-state index contributed by atoms with van der Waals surface area (Å²) in [5.74, 6) is 0.00448. The van der Waals surface area contributed by atoms with Crippen LogP contribution in [0, 0.1) is 0 Å². The highest BCUT2D eigenvalue weighted by molar-refractivity contribution is 7.92. The quantitative estimate of drug-likeness (QED) is 0.510. The van der Waals surface area contributed by atoms with E-state index in [2.05, 4.69) is 17.0 Å². The van der Waals surface area contributed by atoms with Crippen LogP contribution in [0.1, 0.15) is 27.9 Å². The molecule has 2 heterocycles. The van der Waals surface area contributed by atoms with Crippen molar-refractivity contribution in [3.8, 4) is 0 Å². The number of carbonyl (C=O) groups excluding carboxylic acids is 1. The van der Waals surface area contributed by atoms with Gasteiger partial charge in [-0.25, -0.2) is 8.42 Å². The van der Waals surface area contributed by atoms with Crippen LogP contribution in [0.5, 0.6) is 0 Å². The monoisotopic (exact) mass is 509 g/mol. The molecule has 8 heteroatoms. The summed E-state index contributed by atoms with van der Waals surface area (Å²) in [6, 6.07) is 22.0. The molecular formula is C27H28ClN3O3S. The lowest BCUT2D eigenvalue weighted by Crippen LogP contribution is -2.48. The zero-order chi connectivity index (χ0) is 24.4. The summed E-state index contributed by atoms with van der Waals surface area (Å²) in [6.45, 7) is 4.32. The highest BCUT2D eigenvalue weighted by Gasteiger charge is 2.30. The van der Waals surface area contributed by atoms with E-state index in [0.717, 1.165) is 31.6 Å². The van der Waals surface area contributed by atoms with Gasteiger partial charge >= 0.3 is 0 Å². The summed E-state index contributed by atoms with van der Waals surface area (Å²) in [5.41, 5.74) is 3.43. The molecule has 1 fully saturated rings. The summed E-state index contributed by atoms with van der Waals surface area (Å²) in [6.07, 6.45) is 1.45. The van der Waals surface area contributed by atoms with Gasteiger partial charge in [-0.2, -0.15) is 0 Å². The number of hydrogen-bond donors (Lipinski definition) is 0. The Balaban J connectivity index is 1.29. The number of amides is 1. The molecule has 35 heavy (non-hydrogen) atoms. The SMILES string of the molecule is O=C(c1ccc2c(c1)CCCN2S(=O)(=O)c1ccc(Cl)cc1)N1CCN(Cc2ccccc2)CC1. The zero-order valence-corrected chi connectivity index (χ0v) is 21.0. The van der Waals surface area contributed by atoms with E-state index < -0.39 is 10.0 Å². The molecule has 182 valence electrons.